The maximum absolute atomic E-state index is 13.3. The largest absolute Gasteiger partial charge is 0.494 e. The Balaban J connectivity index is 1.44. The number of anilines is 1. The van der Waals surface area contributed by atoms with Gasteiger partial charge in [-0.15, -0.1) is 0 Å². The first kappa shape index (κ1) is 38.0. The second-order valence-corrected chi connectivity index (χ2v) is 14.9. The summed E-state index contributed by atoms with van der Waals surface area (Å²) in [5.41, 5.74) is 10.1. The lowest BCUT2D eigenvalue weighted by atomic mass is 9.98. The van der Waals surface area contributed by atoms with Crippen LogP contribution in [-0.4, -0.2) is 56.5 Å². The van der Waals surface area contributed by atoms with E-state index in [2.05, 4.69) is 34.1 Å². The molecule has 0 amide bonds. The highest BCUT2D eigenvalue weighted by Crippen LogP contribution is 2.43. The molecule has 3 aromatic carbocycles. The zero-order valence-corrected chi connectivity index (χ0v) is 33.2. The number of fused-ring (bicyclic) bond motifs is 2. The number of aromatic carboxylic acids is 1. The third kappa shape index (κ3) is 7.04. The van der Waals surface area contributed by atoms with Crippen molar-refractivity contribution >= 4 is 63.0 Å². The number of aryl methyl sites for hydroxylation is 6. The van der Waals surface area contributed by atoms with Crippen molar-refractivity contribution in [3.8, 4) is 16.9 Å². The molecular weight excluding hydrogens is 709 g/mol. The number of hydrogen-bond acceptors (Lipinski definition) is 5. The van der Waals surface area contributed by atoms with E-state index in [-0.39, 0.29) is 11.6 Å². The average Bonchev–Trinajstić information content (AvgIpc) is 3.73. The third-order valence-electron chi connectivity index (χ3n) is 10.3. The lowest BCUT2D eigenvalue weighted by Gasteiger charge is -2.26. The van der Waals surface area contributed by atoms with E-state index in [4.69, 9.17) is 33.0 Å². The van der Waals surface area contributed by atoms with E-state index in [0.29, 0.717) is 36.7 Å². The van der Waals surface area contributed by atoms with Crippen molar-refractivity contribution < 1.29 is 19.4 Å². The molecule has 0 saturated heterocycles. The van der Waals surface area contributed by atoms with Crippen LogP contribution < -0.4 is 9.64 Å². The van der Waals surface area contributed by atoms with Gasteiger partial charge in [-0.25, -0.2) is 4.79 Å². The van der Waals surface area contributed by atoms with E-state index in [1.807, 2.05) is 76.8 Å². The Morgan fingerprint density at radius 1 is 1.04 bits per heavy atom. The highest BCUT2D eigenvalue weighted by molar-refractivity contribution is 6.35. The molecule has 53 heavy (non-hydrogen) atoms. The zero-order chi connectivity index (χ0) is 38.3. The van der Waals surface area contributed by atoms with Gasteiger partial charge in [-0.3, -0.25) is 9.48 Å². The van der Waals surface area contributed by atoms with E-state index in [9.17, 15) is 14.7 Å². The molecule has 6 rings (SSSR count). The van der Waals surface area contributed by atoms with Gasteiger partial charge in [0.25, 0.3) is 0 Å². The Kier molecular flexibility index (Phi) is 11.0. The topological polar surface area (TPSA) is 94.5 Å². The fourth-order valence-corrected chi connectivity index (χ4v) is 8.19. The van der Waals surface area contributed by atoms with Crippen molar-refractivity contribution in [1.82, 2.24) is 18.9 Å². The third-order valence-corrected chi connectivity index (χ3v) is 11.3. The van der Waals surface area contributed by atoms with Crippen molar-refractivity contribution in [2.75, 3.05) is 25.1 Å². The maximum Gasteiger partial charge on any atom is 0.335 e. The van der Waals surface area contributed by atoms with E-state index in [1.165, 1.54) is 0 Å². The van der Waals surface area contributed by atoms with Crippen LogP contribution in [0.1, 0.15) is 81.7 Å². The first-order valence-corrected chi connectivity index (χ1v) is 18.8. The summed E-state index contributed by atoms with van der Waals surface area (Å²) in [6, 6.07) is 12.9. The van der Waals surface area contributed by atoms with Gasteiger partial charge < -0.3 is 23.9 Å². The first-order chi connectivity index (χ1) is 25.3. The monoisotopic (exact) mass is 755 g/mol. The minimum absolute atomic E-state index is 0.200. The van der Waals surface area contributed by atoms with Crippen LogP contribution in [0.25, 0.3) is 32.9 Å². The van der Waals surface area contributed by atoms with Crippen LogP contribution in [0.2, 0.25) is 10.0 Å². The van der Waals surface area contributed by atoms with Gasteiger partial charge in [0, 0.05) is 72.0 Å². The molecule has 0 bridgehead atoms. The molecule has 0 fully saturated rings. The Bertz CT molecular complexity index is 2350. The highest BCUT2D eigenvalue weighted by Gasteiger charge is 2.28. The van der Waals surface area contributed by atoms with E-state index < -0.39 is 5.97 Å². The summed E-state index contributed by atoms with van der Waals surface area (Å²) in [5, 5.41) is 17.7. The number of rotatable bonds is 14. The molecule has 0 spiro atoms. The van der Waals surface area contributed by atoms with Crippen LogP contribution in [0.15, 0.2) is 48.7 Å². The van der Waals surface area contributed by atoms with Gasteiger partial charge in [0.2, 0.25) is 0 Å². The molecule has 0 unspecified atom stereocenters. The maximum atomic E-state index is 13.3. The molecule has 0 saturated carbocycles. The number of benzene rings is 3. The van der Waals surface area contributed by atoms with Crippen LogP contribution in [0, 0.1) is 27.7 Å². The number of carboxylic acids is 1. The molecule has 0 aliphatic rings. The minimum Gasteiger partial charge on any atom is -0.494 e. The Hall–Kier alpha value is -4.73. The van der Waals surface area contributed by atoms with Crippen molar-refractivity contribution in [1.29, 1.82) is 0 Å². The quantitative estimate of drug-likeness (QED) is 0.0879. The molecule has 0 radical (unpaired) electrons. The van der Waals surface area contributed by atoms with Crippen molar-refractivity contribution in [3.63, 3.8) is 0 Å². The molecule has 3 aromatic heterocycles. The average molecular weight is 757 g/mol. The number of carboxylic acid groups (broad SMARTS) is 1. The SMILES string of the molecule is CCCn1cc(N(C)C[C@@H](C)n2c(C=O)c(CCCOc3cc(C)c(Cl)c(C)c3)c3ccc(Cl)c(-c4c(C)nn(C)c4C)c32)c2cc(C(=O)O)ccc21. The number of aldehydes is 1. The van der Waals surface area contributed by atoms with Crippen molar-refractivity contribution in [2.24, 2.45) is 7.05 Å². The molecule has 0 aliphatic carbocycles. The van der Waals surface area contributed by atoms with Gasteiger partial charge in [0.15, 0.2) is 6.29 Å². The van der Waals surface area contributed by atoms with E-state index in [1.54, 1.807) is 12.1 Å². The van der Waals surface area contributed by atoms with Crippen LogP contribution in [0.4, 0.5) is 5.69 Å². The van der Waals surface area contributed by atoms with Crippen LogP contribution in [0.5, 0.6) is 5.75 Å². The summed E-state index contributed by atoms with van der Waals surface area (Å²) < 4.78 is 12.4. The number of carbonyl (C=O) groups is 2. The molecule has 0 aliphatic heterocycles. The number of aromatic nitrogens is 4. The fraction of sp³-hybridized carbons (Fsp3) is 0.357. The molecule has 6 aromatic rings. The normalized spacial score (nSPS) is 12.2. The van der Waals surface area contributed by atoms with E-state index >= 15 is 0 Å². The van der Waals surface area contributed by atoms with Gasteiger partial charge in [-0.2, -0.15) is 5.10 Å². The molecule has 1 atom stereocenters. The molecule has 3 heterocycles. The van der Waals surface area contributed by atoms with Crippen molar-refractivity contribution in [2.45, 2.75) is 73.4 Å². The smallest absolute Gasteiger partial charge is 0.335 e. The summed E-state index contributed by atoms with van der Waals surface area (Å²) in [5.74, 6) is -0.195. The number of ether oxygens (including phenoxy) is 1. The second kappa shape index (κ2) is 15.3. The summed E-state index contributed by atoms with van der Waals surface area (Å²) >= 11 is 13.5. The lowest BCUT2D eigenvalue weighted by Crippen LogP contribution is -2.27. The van der Waals surface area contributed by atoms with Crippen LogP contribution >= 0.6 is 23.2 Å². The van der Waals surface area contributed by atoms with Gasteiger partial charge >= 0.3 is 5.97 Å². The van der Waals surface area contributed by atoms with Crippen LogP contribution in [0.3, 0.4) is 0 Å². The molecular formula is C42H47Cl2N5O4. The lowest BCUT2D eigenvalue weighted by molar-refractivity contribution is 0.0697. The highest BCUT2D eigenvalue weighted by atomic mass is 35.5. The van der Waals surface area contributed by atoms with Gasteiger partial charge in [-0.05, 0) is 107 Å². The molecule has 9 nitrogen and oxygen atoms in total. The predicted octanol–water partition coefficient (Wildman–Crippen LogP) is 10.2. The molecule has 1 N–H and O–H groups in total. The Morgan fingerprint density at radius 2 is 1.75 bits per heavy atom. The standard InChI is InChI=1S/C42H47Cl2N5O4/c1-9-16-48-22-36(33-20-29(42(51)52)12-15-35(33)48)46(7)21-26(4)49-37(23-50)31(11-10-17-53-30-18-24(2)40(44)25(3)19-30)32-13-14-34(43)39(41(32)49)38-27(5)45-47(8)28(38)6/h12-15,18-20,22-23,26H,9-11,16-17,21H2,1-8H3,(H,51,52)/t26-/m1/s1. The summed E-state index contributed by atoms with van der Waals surface area (Å²) in [4.78, 5) is 27.4. The first-order valence-electron chi connectivity index (χ1n) is 18.0. The number of nitrogens with zero attached hydrogens (tertiary/aromatic N) is 5. The minimum atomic E-state index is -0.965. The summed E-state index contributed by atoms with van der Waals surface area (Å²) in [7, 11) is 3.94. The number of halogens is 2. The molecule has 278 valence electrons. The fourth-order valence-electron chi connectivity index (χ4n) is 7.83. The number of likely N-dealkylation sites (N-methyl/N-ethyl adjacent to an activating group) is 1. The number of hydrogen-bond donors (Lipinski definition) is 1. The van der Waals surface area contributed by atoms with E-state index in [0.717, 1.165) is 96.7 Å². The Morgan fingerprint density at radius 3 is 2.38 bits per heavy atom. The predicted molar refractivity (Wildman–Crippen MR) is 216 cm³/mol. The zero-order valence-electron chi connectivity index (χ0n) is 31.7. The van der Waals surface area contributed by atoms with Gasteiger partial charge in [-0.1, -0.05) is 36.2 Å². The molecule has 11 heteroatoms. The summed E-state index contributed by atoms with van der Waals surface area (Å²) in [6.45, 7) is 14.0. The summed E-state index contributed by atoms with van der Waals surface area (Å²) in [6.07, 6.45) is 5.29. The Labute approximate surface area is 320 Å². The van der Waals surface area contributed by atoms with Crippen LogP contribution in [-0.2, 0) is 20.0 Å². The number of carbonyl (C=O) groups excluding carboxylic acids is 1. The van der Waals surface area contributed by atoms with Crippen molar-refractivity contribution in [3.05, 3.63) is 98.0 Å². The second-order valence-electron chi connectivity index (χ2n) is 14.1. The van der Waals surface area contributed by atoms with Gasteiger partial charge in [0.1, 0.15) is 5.75 Å². The van der Waals surface area contributed by atoms with Gasteiger partial charge in [0.05, 0.1) is 45.3 Å².